The van der Waals surface area contributed by atoms with Crippen LogP contribution in [0.4, 0.5) is 22.0 Å². The third-order valence-corrected chi connectivity index (χ3v) is 5.36. The summed E-state index contributed by atoms with van der Waals surface area (Å²) in [4.78, 5) is -0.946. The van der Waals surface area contributed by atoms with Crippen molar-refractivity contribution in [2.45, 2.75) is 30.3 Å². The zero-order valence-corrected chi connectivity index (χ0v) is 14.6. The lowest BCUT2D eigenvalue weighted by Gasteiger charge is -2.12. The van der Waals surface area contributed by atoms with Gasteiger partial charge in [-0.25, -0.2) is 22.3 Å². The largest absolute Gasteiger partial charge is 0.416 e. The topological polar surface area (TPSA) is 60.2 Å². The number of hydrogen-bond acceptors (Lipinski definition) is 2. The molecule has 144 valence electrons. The minimum atomic E-state index is -4.47. The molecule has 0 aliphatic heterocycles. The average molecular weight is 403 g/mol. The highest BCUT2D eigenvalue weighted by Gasteiger charge is 2.30. The molecule has 0 atom stereocenters. The van der Waals surface area contributed by atoms with Crippen LogP contribution in [0.2, 0.25) is 0 Å². The smallest absolute Gasteiger partial charge is 0.225 e. The molecule has 0 amide bonds. The van der Waals surface area contributed by atoms with Crippen molar-refractivity contribution < 1.29 is 30.4 Å². The Hall–Kier alpha value is -2.26. The van der Waals surface area contributed by atoms with Crippen LogP contribution in [0.15, 0.2) is 41.3 Å². The SMILES string of the molecule is NS(=O)(=O)c1cc(F)c(C2=C(c3ccc(C(F)(F)F)cc3)CCC2)cc1F. The second-order valence-electron chi connectivity index (χ2n) is 6.19. The van der Waals surface area contributed by atoms with Crippen molar-refractivity contribution in [2.24, 2.45) is 5.14 Å². The number of nitrogens with two attached hydrogens (primary N) is 1. The van der Waals surface area contributed by atoms with E-state index in [1.54, 1.807) is 0 Å². The van der Waals surface area contributed by atoms with Gasteiger partial charge in [-0.15, -0.1) is 0 Å². The van der Waals surface area contributed by atoms with Crippen LogP contribution in [0.5, 0.6) is 0 Å². The van der Waals surface area contributed by atoms with E-state index in [4.69, 9.17) is 5.14 Å². The monoisotopic (exact) mass is 403 g/mol. The summed E-state index contributed by atoms with van der Waals surface area (Å²) in [6, 6.07) is 5.72. The lowest BCUT2D eigenvalue weighted by Crippen LogP contribution is -2.15. The fourth-order valence-electron chi connectivity index (χ4n) is 3.20. The van der Waals surface area contributed by atoms with Crippen LogP contribution in [0.25, 0.3) is 11.1 Å². The Morgan fingerprint density at radius 1 is 0.889 bits per heavy atom. The number of benzene rings is 2. The highest BCUT2D eigenvalue weighted by atomic mass is 32.2. The maximum atomic E-state index is 14.5. The van der Waals surface area contributed by atoms with Crippen molar-refractivity contribution in [1.29, 1.82) is 0 Å². The quantitative estimate of drug-likeness (QED) is 0.754. The van der Waals surface area contributed by atoms with Crippen molar-refractivity contribution in [2.75, 3.05) is 0 Å². The number of primary sulfonamides is 1. The van der Waals surface area contributed by atoms with Gasteiger partial charge in [0.15, 0.2) is 0 Å². The highest BCUT2D eigenvalue weighted by molar-refractivity contribution is 7.89. The summed E-state index contributed by atoms with van der Waals surface area (Å²) in [5.74, 6) is -2.14. The van der Waals surface area contributed by atoms with Crippen LogP contribution in [0.3, 0.4) is 0 Å². The Kier molecular flexibility index (Phi) is 4.85. The molecule has 9 heteroatoms. The molecule has 0 saturated carbocycles. The second kappa shape index (κ2) is 6.72. The minimum Gasteiger partial charge on any atom is -0.225 e. The Morgan fingerprint density at radius 2 is 1.48 bits per heavy atom. The molecule has 0 radical (unpaired) electrons. The van der Waals surface area contributed by atoms with Gasteiger partial charge in [0.25, 0.3) is 0 Å². The van der Waals surface area contributed by atoms with E-state index in [2.05, 4.69) is 0 Å². The summed E-state index contributed by atoms with van der Waals surface area (Å²) >= 11 is 0. The van der Waals surface area contributed by atoms with E-state index in [0.717, 1.165) is 18.2 Å². The van der Waals surface area contributed by atoms with Gasteiger partial charge in [0.1, 0.15) is 16.5 Å². The van der Waals surface area contributed by atoms with Crippen LogP contribution in [-0.4, -0.2) is 8.42 Å². The van der Waals surface area contributed by atoms with E-state index in [9.17, 15) is 30.4 Å². The van der Waals surface area contributed by atoms with E-state index < -0.39 is 38.3 Å². The lowest BCUT2D eigenvalue weighted by atomic mass is 9.96. The first-order valence-corrected chi connectivity index (χ1v) is 9.45. The highest BCUT2D eigenvalue weighted by Crippen LogP contribution is 2.42. The second-order valence-corrected chi connectivity index (χ2v) is 7.72. The molecule has 0 fully saturated rings. The molecule has 2 N–H and O–H groups in total. The maximum Gasteiger partial charge on any atom is 0.416 e. The van der Waals surface area contributed by atoms with Crippen LogP contribution in [-0.2, 0) is 16.2 Å². The number of allylic oxidation sites excluding steroid dienone is 2. The fourth-order valence-corrected chi connectivity index (χ4v) is 3.80. The predicted molar refractivity (Wildman–Crippen MR) is 89.8 cm³/mol. The molecule has 0 heterocycles. The van der Waals surface area contributed by atoms with Crippen molar-refractivity contribution >= 4 is 21.2 Å². The van der Waals surface area contributed by atoms with Crippen LogP contribution >= 0.6 is 0 Å². The molecular weight excluding hydrogens is 389 g/mol. The minimum absolute atomic E-state index is 0.118. The molecule has 0 spiro atoms. The molecule has 3 rings (SSSR count). The zero-order valence-electron chi connectivity index (χ0n) is 13.8. The Balaban J connectivity index is 2.09. The third kappa shape index (κ3) is 3.89. The van der Waals surface area contributed by atoms with E-state index in [-0.39, 0.29) is 5.56 Å². The molecule has 1 aliphatic rings. The molecule has 0 bridgehead atoms. The van der Waals surface area contributed by atoms with Gasteiger partial charge in [-0.3, -0.25) is 0 Å². The Labute approximate surface area is 152 Å². The summed E-state index contributed by atoms with van der Waals surface area (Å²) in [7, 11) is -4.42. The van der Waals surface area contributed by atoms with Crippen LogP contribution in [0.1, 0.15) is 36.0 Å². The first-order valence-electron chi connectivity index (χ1n) is 7.90. The summed E-state index contributed by atoms with van der Waals surface area (Å²) in [6.07, 6.45) is -2.98. The molecule has 0 unspecified atom stereocenters. The summed E-state index contributed by atoms with van der Waals surface area (Å²) in [5, 5.41) is 4.86. The van der Waals surface area contributed by atoms with Gasteiger partial charge in [-0.2, -0.15) is 13.2 Å². The molecule has 2 aromatic carbocycles. The number of rotatable bonds is 3. The van der Waals surface area contributed by atoms with E-state index in [0.29, 0.717) is 42.0 Å². The van der Waals surface area contributed by atoms with Gasteiger partial charge in [0, 0.05) is 5.56 Å². The normalized spacial score (nSPS) is 15.5. The van der Waals surface area contributed by atoms with Gasteiger partial charge >= 0.3 is 6.18 Å². The Morgan fingerprint density at radius 3 is 2.04 bits per heavy atom. The number of hydrogen-bond donors (Lipinski definition) is 1. The van der Waals surface area contributed by atoms with E-state index in [1.165, 1.54) is 12.1 Å². The van der Waals surface area contributed by atoms with Crippen molar-refractivity contribution in [3.8, 4) is 0 Å². The van der Waals surface area contributed by atoms with Crippen molar-refractivity contribution in [3.63, 3.8) is 0 Å². The van der Waals surface area contributed by atoms with Crippen molar-refractivity contribution in [1.82, 2.24) is 0 Å². The molecule has 0 aromatic heterocycles. The van der Waals surface area contributed by atoms with Gasteiger partial charge in [-0.1, -0.05) is 12.1 Å². The van der Waals surface area contributed by atoms with E-state index in [1.807, 2.05) is 0 Å². The van der Waals surface area contributed by atoms with Crippen LogP contribution in [0, 0.1) is 11.6 Å². The molecule has 3 nitrogen and oxygen atoms in total. The standard InChI is InChI=1S/C18H14F5NO2S/c19-15-9-17(27(24,25)26)16(20)8-14(15)13-3-1-2-12(13)10-4-6-11(7-5-10)18(21,22)23/h4-9H,1-3H2,(H2,24,25,26). The van der Waals surface area contributed by atoms with Crippen LogP contribution < -0.4 is 5.14 Å². The first-order chi connectivity index (χ1) is 12.5. The number of alkyl halides is 3. The Bertz CT molecular complexity index is 1020. The molecular formula is C18H14F5NO2S. The lowest BCUT2D eigenvalue weighted by molar-refractivity contribution is -0.137. The first kappa shape index (κ1) is 19.5. The number of halogens is 5. The molecule has 1 aliphatic carbocycles. The van der Waals surface area contributed by atoms with Gasteiger partial charge in [-0.05, 0) is 60.2 Å². The van der Waals surface area contributed by atoms with Gasteiger partial charge < -0.3 is 0 Å². The molecule has 0 saturated heterocycles. The summed E-state index contributed by atoms with van der Waals surface area (Å²) in [6.45, 7) is 0. The van der Waals surface area contributed by atoms with Gasteiger partial charge in [0.05, 0.1) is 5.56 Å². The maximum absolute atomic E-state index is 14.5. The van der Waals surface area contributed by atoms with Gasteiger partial charge in [0.2, 0.25) is 10.0 Å². The number of sulfonamides is 1. The average Bonchev–Trinajstić information content (AvgIpc) is 3.04. The summed E-state index contributed by atoms with van der Waals surface area (Å²) < 4.78 is 89.3. The van der Waals surface area contributed by atoms with Crippen molar-refractivity contribution in [3.05, 3.63) is 64.7 Å². The van der Waals surface area contributed by atoms with E-state index >= 15 is 0 Å². The molecule has 2 aromatic rings. The zero-order chi connectivity index (χ0) is 20.0. The fraction of sp³-hybridized carbons (Fsp3) is 0.222. The third-order valence-electron chi connectivity index (χ3n) is 4.43. The molecule has 27 heavy (non-hydrogen) atoms. The predicted octanol–water partition coefficient (Wildman–Crippen LogP) is 4.73. The summed E-state index contributed by atoms with van der Waals surface area (Å²) in [5.41, 5.74) is 0.594.